The van der Waals surface area contributed by atoms with Gasteiger partial charge < -0.3 is 14.8 Å². The van der Waals surface area contributed by atoms with Crippen molar-refractivity contribution in [1.82, 2.24) is 29.3 Å². The summed E-state index contributed by atoms with van der Waals surface area (Å²) in [5.74, 6) is 0.258. The van der Waals surface area contributed by atoms with Gasteiger partial charge in [-0.15, -0.1) is 0 Å². The van der Waals surface area contributed by atoms with Crippen molar-refractivity contribution >= 4 is 16.9 Å². The molecule has 9 heteroatoms. The molecule has 0 atom stereocenters. The Bertz CT molecular complexity index is 1160. The lowest BCUT2D eigenvalue weighted by atomic mass is 9.92. The van der Waals surface area contributed by atoms with Gasteiger partial charge in [0.1, 0.15) is 11.5 Å². The molecule has 5 rings (SSSR count). The molecule has 0 saturated carbocycles. The molecule has 0 bridgehead atoms. The summed E-state index contributed by atoms with van der Waals surface area (Å²) in [6, 6.07) is 4.63. The molecule has 2 saturated heterocycles. The Kier molecular flexibility index (Phi) is 6.22. The molecule has 8 nitrogen and oxygen atoms in total. The first-order valence-electron chi connectivity index (χ1n) is 11.8. The molecule has 0 unspecified atom stereocenters. The first-order valence-corrected chi connectivity index (χ1v) is 11.8. The quantitative estimate of drug-likeness (QED) is 0.643. The molecule has 1 N–H and O–H groups in total. The monoisotopic (exact) mass is 452 g/mol. The molecule has 1 amide bonds. The number of hydrogen-bond donors (Lipinski definition) is 1. The van der Waals surface area contributed by atoms with Crippen molar-refractivity contribution in [2.75, 3.05) is 32.7 Å². The minimum atomic E-state index is -0.338. The number of carbonyl (C=O) groups is 1. The Morgan fingerprint density at radius 2 is 1.88 bits per heavy atom. The van der Waals surface area contributed by atoms with Gasteiger partial charge in [0.25, 0.3) is 5.91 Å². The van der Waals surface area contributed by atoms with Crippen molar-refractivity contribution in [1.29, 1.82) is 0 Å². The number of likely N-dealkylation sites (tertiary alicyclic amines) is 2. The number of aromatic amines is 1. The van der Waals surface area contributed by atoms with E-state index in [1.54, 1.807) is 23.0 Å². The normalized spacial score (nSPS) is 18.8. The fourth-order valence-electron chi connectivity index (χ4n) is 5.23. The maximum Gasteiger partial charge on any atom is 0.326 e. The largest absolute Gasteiger partial charge is 0.337 e. The maximum atomic E-state index is 13.5. The molecule has 4 heterocycles. The number of piperidine rings is 2. The van der Waals surface area contributed by atoms with E-state index in [4.69, 9.17) is 0 Å². The summed E-state index contributed by atoms with van der Waals surface area (Å²) in [5, 5.41) is 0. The van der Waals surface area contributed by atoms with Crippen molar-refractivity contribution in [2.24, 2.45) is 5.92 Å². The van der Waals surface area contributed by atoms with E-state index in [1.807, 2.05) is 4.90 Å². The predicted octanol–water partition coefficient (Wildman–Crippen LogP) is 2.84. The van der Waals surface area contributed by atoms with E-state index in [0.29, 0.717) is 17.1 Å². The van der Waals surface area contributed by atoms with Gasteiger partial charge in [0.05, 0.1) is 17.2 Å². The number of benzene rings is 1. The van der Waals surface area contributed by atoms with E-state index < -0.39 is 0 Å². The third kappa shape index (κ3) is 4.68. The van der Waals surface area contributed by atoms with Gasteiger partial charge in [-0.05, 0) is 62.8 Å². The molecule has 2 aliphatic rings. The summed E-state index contributed by atoms with van der Waals surface area (Å²) in [7, 11) is 0. The molecule has 0 radical (unpaired) electrons. The third-order valence-corrected chi connectivity index (χ3v) is 7.14. The highest BCUT2D eigenvalue weighted by Crippen LogP contribution is 2.27. The van der Waals surface area contributed by atoms with Gasteiger partial charge in [-0.1, -0.05) is 0 Å². The Balaban J connectivity index is 1.09. The Morgan fingerprint density at radius 3 is 2.61 bits per heavy atom. The number of carbonyl (C=O) groups excluding carboxylic acids is 1. The highest BCUT2D eigenvalue weighted by atomic mass is 19.1. The SMILES string of the molecule is O=C(c1cnccn1)N1CCC(CCN2CCC(n3c(=O)[nH]c4cc(F)ccc43)CC2)CC1. The molecule has 33 heavy (non-hydrogen) atoms. The number of amides is 1. The van der Waals surface area contributed by atoms with Gasteiger partial charge in [-0.3, -0.25) is 14.3 Å². The van der Waals surface area contributed by atoms with Gasteiger partial charge in [0.2, 0.25) is 0 Å². The predicted molar refractivity (Wildman–Crippen MR) is 123 cm³/mol. The molecule has 174 valence electrons. The van der Waals surface area contributed by atoms with Gasteiger partial charge >= 0.3 is 5.69 Å². The maximum absolute atomic E-state index is 13.5. The average Bonchev–Trinajstić information content (AvgIpc) is 3.18. The van der Waals surface area contributed by atoms with Crippen LogP contribution < -0.4 is 5.69 Å². The summed E-state index contributed by atoms with van der Waals surface area (Å²) in [5.41, 5.74) is 1.60. The van der Waals surface area contributed by atoms with E-state index in [-0.39, 0.29) is 23.5 Å². The minimum Gasteiger partial charge on any atom is -0.337 e. The Morgan fingerprint density at radius 1 is 1.09 bits per heavy atom. The number of nitrogens with one attached hydrogen (secondary N) is 1. The standard InChI is InChI=1S/C24H29FN6O2/c25-18-1-2-22-20(15-18)28-24(33)31(22)19-6-11-29(12-7-19)10-3-17-4-13-30(14-5-17)23(32)21-16-26-8-9-27-21/h1-2,8-9,15-17,19H,3-7,10-14H2,(H,28,33). The molecular weight excluding hydrogens is 423 g/mol. The molecular formula is C24H29FN6O2. The highest BCUT2D eigenvalue weighted by molar-refractivity contribution is 5.92. The highest BCUT2D eigenvalue weighted by Gasteiger charge is 2.27. The topological polar surface area (TPSA) is 87.1 Å². The van der Waals surface area contributed by atoms with Crippen LogP contribution in [-0.4, -0.2) is 67.9 Å². The lowest BCUT2D eigenvalue weighted by Crippen LogP contribution is -2.41. The van der Waals surface area contributed by atoms with Gasteiger partial charge in [-0.2, -0.15) is 0 Å². The van der Waals surface area contributed by atoms with Crippen molar-refractivity contribution in [3.05, 3.63) is 58.8 Å². The van der Waals surface area contributed by atoms with Crippen molar-refractivity contribution in [3.8, 4) is 0 Å². The van der Waals surface area contributed by atoms with E-state index in [9.17, 15) is 14.0 Å². The van der Waals surface area contributed by atoms with E-state index in [2.05, 4.69) is 19.9 Å². The zero-order valence-corrected chi connectivity index (χ0v) is 18.6. The van der Waals surface area contributed by atoms with Crippen molar-refractivity contribution < 1.29 is 9.18 Å². The van der Waals surface area contributed by atoms with Crippen LogP contribution in [0.2, 0.25) is 0 Å². The number of H-pyrrole nitrogens is 1. The van der Waals surface area contributed by atoms with E-state index >= 15 is 0 Å². The van der Waals surface area contributed by atoms with E-state index in [0.717, 1.165) is 70.3 Å². The third-order valence-electron chi connectivity index (χ3n) is 7.14. The van der Waals surface area contributed by atoms with Crippen LogP contribution in [0, 0.1) is 11.7 Å². The van der Waals surface area contributed by atoms with Crippen LogP contribution in [0.1, 0.15) is 48.6 Å². The molecule has 2 fully saturated rings. The molecule has 0 spiro atoms. The summed E-state index contributed by atoms with van der Waals surface area (Å²) in [4.78, 5) is 40.3. The molecule has 3 aromatic rings. The molecule has 1 aromatic carbocycles. The summed E-state index contributed by atoms with van der Waals surface area (Å²) in [6.07, 6.45) is 9.65. The summed E-state index contributed by atoms with van der Waals surface area (Å²) >= 11 is 0. The van der Waals surface area contributed by atoms with Crippen LogP contribution >= 0.6 is 0 Å². The second kappa shape index (κ2) is 9.43. The van der Waals surface area contributed by atoms with Crippen LogP contribution in [0.15, 0.2) is 41.6 Å². The van der Waals surface area contributed by atoms with Gasteiger partial charge in [0, 0.05) is 44.6 Å². The number of aromatic nitrogens is 4. The fraction of sp³-hybridized carbons (Fsp3) is 0.500. The van der Waals surface area contributed by atoms with Crippen LogP contribution in [0.5, 0.6) is 0 Å². The Hall–Kier alpha value is -3.07. The second-order valence-electron chi connectivity index (χ2n) is 9.15. The van der Waals surface area contributed by atoms with Crippen LogP contribution in [0.25, 0.3) is 11.0 Å². The lowest BCUT2D eigenvalue weighted by Gasteiger charge is -2.35. The van der Waals surface area contributed by atoms with Crippen LogP contribution in [0.4, 0.5) is 4.39 Å². The van der Waals surface area contributed by atoms with Crippen LogP contribution in [0.3, 0.4) is 0 Å². The number of fused-ring (bicyclic) bond motifs is 1. The number of halogens is 1. The van der Waals surface area contributed by atoms with Crippen molar-refractivity contribution in [3.63, 3.8) is 0 Å². The van der Waals surface area contributed by atoms with Gasteiger partial charge in [0.15, 0.2) is 0 Å². The molecule has 0 aliphatic carbocycles. The number of hydrogen-bond acceptors (Lipinski definition) is 5. The number of nitrogens with zero attached hydrogens (tertiary/aromatic N) is 5. The average molecular weight is 453 g/mol. The minimum absolute atomic E-state index is 0.0288. The number of rotatable bonds is 5. The van der Waals surface area contributed by atoms with E-state index in [1.165, 1.54) is 18.3 Å². The Labute approximate surface area is 191 Å². The first kappa shape index (κ1) is 21.8. The van der Waals surface area contributed by atoms with Gasteiger partial charge in [-0.25, -0.2) is 14.2 Å². The molecule has 2 aromatic heterocycles. The molecule has 2 aliphatic heterocycles. The zero-order valence-electron chi connectivity index (χ0n) is 18.6. The fourth-order valence-corrected chi connectivity index (χ4v) is 5.23. The summed E-state index contributed by atoms with van der Waals surface area (Å²) in [6.45, 7) is 4.49. The lowest BCUT2D eigenvalue weighted by molar-refractivity contribution is 0.0671. The smallest absolute Gasteiger partial charge is 0.326 e. The van der Waals surface area contributed by atoms with Crippen LogP contribution in [-0.2, 0) is 0 Å². The summed E-state index contributed by atoms with van der Waals surface area (Å²) < 4.78 is 15.3. The zero-order chi connectivity index (χ0) is 22.8. The first-order chi connectivity index (χ1) is 16.1. The number of imidazole rings is 1. The van der Waals surface area contributed by atoms with Crippen molar-refractivity contribution in [2.45, 2.75) is 38.1 Å². The second-order valence-corrected chi connectivity index (χ2v) is 9.15.